The summed E-state index contributed by atoms with van der Waals surface area (Å²) in [5, 5.41) is 3.19. The first-order chi connectivity index (χ1) is 11.0. The van der Waals surface area contributed by atoms with E-state index in [2.05, 4.69) is 37.2 Å². The maximum Gasteiger partial charge on any atom is 0.291 e. The molecule has 0 atom stereocenters. The minimum absolute atomic E-state index is 0.224. The number of nitrogens with one attached hydrogen (secondary N) is 1. The van der Waals surface area contributed by atoms with Gasteiger partial charge in [-0.2, -0.15) is 0 Å². The van der Waals surface area contributed by atoms with Gasteiger partial charge in [-0.05, 0) is 42.5 Å². The molecule has 0 radical (unpaired) electrons. The summed E-state index contributed by atoms with van der Waals surface area (Å²) < 4.78 is 7.45. The van der Waals surface area contributed by atoms with Gasteiger partial charge in [-0.1, -0.05) is 55.6 Å². The third-order valence-corrected chi connectivity index (χ3v) is 4.47. The number of rotatable bonds is 3. The lowest BCUT2D eigenvalue weighted by Crippen LogP contribution is -2.11. The number of amides is 1. The first kappa shape index (κ1) is 16.3. The second-order valence-corrected chi connectivity index (χ2v) is 6.99. The van der Waals surface area contributed by atoms with Crippen LogP contribution in [0.2, 0.25) is 5.02 Å². The summed E-state index contributed by atoms with van der Waals surface area (Å²) >= 11 is 12.8. The maximum absolute atomic E-state index is 12.3. The minimum Gasteiger partial charge on any atom is -0.451 e. The number of benzene rings is 2. The molecule has 3 nitrogen and oxygen atoms in total. The normalized spacial score (nSPS) is 10.6. The van der Waals surface area contributed by atoms with E-state index >= 15 is 0 Å². The predicted molar refractivity (Wildman–Crippen MR) is 98.9 cm³/mol. The molecular weight excluding hydrogens is 445 g/mol. The Morgan fingerprint density at radius 1 is 0.957 bits per heavy atom. The van der Waals surface area contributed by atoms with Crippen LogP contribution in [0.15, 0.2) is 68.0 Å². The van der Waals surface area contributed by atoms with E-state index in [9.17, 15) is 4.79 Å². The lowest BCUT2D eigenvalue weighted by molar-refractivity contribution is 0.0997. The lowest BCUT2D eigenvalue weighted by Gasteiger charge is -2.06. The fraction of sp³-hybridized carbons (Fsp3) is 0. The van der Waals surface area contributed by atoms with Gasteiger partial charge in [0, 0.05) is 14.5 Å². The van der Waals surface area contributed by atoms with Crippen LogP contribution in [0.1, 0.15) is 10.6 Å². The van der Waals surface area contributed by atoms with Crippen molar-refractivity contribution in [3.8, 4) is 11.3 Å². The summed E-state index contributed by atoms with van der Waals surface area (Å²) in [4.78, 5) is 12.3. The highest BCUT2D eigenvalue weighted by Crippen LogP contribution is 2.27. The van der Waals surface area contributed by atoms with Crippen molar-refractivity contribution in [2.45, 2.75) is 0 Å². The van der Waals surface area contributed by atoms with Crippen molar-refractivity contribution in [3.63, 3.8) is 0 Å². The van der Waals surface area contributed by atoms with Crippen molar-refractivity contribution in [1.29, 1.82) is 0 Å². The Hall–Kier alpha value is -1.56. The Kier molecular flexibility index (Phi) is 4.90. The molecule has 0 aliphatic carbocycles. The van der Waals surface area contributed by atoms with E-state index in [1.54, 1.807) is 30.3 Å². The Bertz CT molecular complexity index is 859. The SMILES string of the molecule is O=C(Nc1ccc(Br)cc1Cl)c1ccc(-c2ccc(Br)cc2)o1. The number of halogens is 3. The van der Waals surface area contributed by atoms with Gasteiger partial charge in [0.05, 0.1) is 10.7 Å². The van der Waals surface area contributed by atoms with Crippen LogP contribution in [0.5, 0.6) is 0 Å². The molecule has 0 spiro atoms. The second kappa shape index (κ2) is 6.91. The van der Waals surface area contributed by atoms with Gasteiger partial charge in [-0.15, -0.1) is 0 Å². The average Bonchev–Trinajstić information content (AvgIpc) is 3.01. The molecule has 1 N–H and O–H groups in total. The summed E-state index contributed by atoms with van der Waals surface area (Å²) in [7, 11) is 0. The van der Waals surface area contributed by atoms with E-state index < -0.39 is 0 Å². The zero-order chi connectivity index (χ0) is 16.4. The molecule has 0 fully saturated rings. The standard InChI is InChI=1S/C17H10Br2ClNO2/c18-11-3-1-10(2-4-11)15-7-8-16(23-15)17(22)21-14-6-5-12(19)9-13(14)20/h1-9H,(H,21,22). The van der Waals surface area contributed by atoms with Gasteiger partial charge in [0.1, 0.15) is 5.76 Å². The monoisotopic (exact) mass is 453 g/mol. The summed E-state index contributed by atoms with van der Waals surface area (Å²) in [6.45, 7) is 0. The molecule has 116 valence electrons. The van der Waals surface area contributed by atoms with Crippen LogP contribution in [0.4, 0.5) is 5.69 Å². The van der Waals surface area contributed by atoms with Crippen LogP contribution in [0.25, 0.3) is 11.3 Å². The minimum atomic E-state index is -0.349. The Balaban J connectivity index is 1.79. The van der Waals surface area contributed by atoms with Crippen molar-refractivity contribution in [3.05, 3.63) is 74.3 Å². The van der Waals surface area contributed by atoms with E-state index in [0.29, 0.717) is 16.5 Å². The number of hydrogen-bond acceptors (Lipinski definition) is 2. The molecule has 2 aromatic carbocycles. The first-order valence-electron chi connectivity index (χ1n) is 6.65. The number of carbonyl (C=O) groups excluding carboxylic acids is 1. The molecule has 0 aliphatic heterocycles. The first-order valence-corrected chi connectivity index (χ1v) is 8.61. The molecule has 0 bridgehead atoms. The zero-order valence-electron chi connectivity index (χ0n) is 11.6. The van der Waals surface area contributed by atoms with Crippen LogP contribution in [0, 0.1) is 0 Å². The maximum atomic E-state index is 12.3. The molecule has 0 unspecified atom stereocenters. The smallest absolute Gasteiger partial charge is 0.291 e. The molecule has 0 saturated carbocycles. The highest BCUT2D eigenvalue weighted by molar-refractivity contribution is 9.10. The van der Waals surface area contributed by atoms with Crippen LogP contribution < -0.4 is 5.32 Å². The van der Waals surface area contributed by atoms with Crippen molar-refractivity contribution in [1.82, 2.24) is 0 Å². The molecular formula is C17H10Br2ClNO2. The molecule has 0 aliphatic rings. The van der Waals surface area contributed by atoms with E-state index in [1.165, 1.54) is 0 Å². The second-order valence-electron chi connectivity index (χ2n) is 4.75. The molecule has 1 amide bonds. The summed E-state index contributed by atoms with van der Waals surface area (Å²) in [5.41, 5.74) is 1.43. The molecule has 3 aromatic rings. The highest BCUT2D eigenvalue weighted by Gasteiger charge is 2.14. The Morgan fingerprint density at radius 3 is 2.35 bits per heavy atom. The molecule has 6 heteroatoms. The van der Waals surface area contributed by atoms with E-state index in [4.69, 9.17) is 16.0 Å². The fourth-order valence-corrected chi connectivity index (χ4v) is 2.99. The third-order valence-electron chi connectivity index (χ3n) is 3.14. The van der Waals surface area contributed by atoms with Gasteiger partial charge in [-0.25, -0.2) is 0 Å². The number of hydrogen-bond donors (Lipinski definition) is 1. The lowest BCUT2D eigenvalue weighted by atomic mass is 10.2. The van der Waals surface area contributed by atoms with Gasteiger partial charge < -0.3 is 9.73 Å². The van der Waals surface area contributed by atoms with E-state index in [-0.39, 0.29) is 11.7 Å². The predicted octanol–water partition coefficient (Wildman–Crippen LogP) is 6.38. The van der Waals surface area contributed by atoms with Crippen LogP contribution in [-0.2, 0) is 0 Å². The van der Waals surface area contributed by atoms with Gasteiger partial charge in [0.15, 0.2) is 5.76 Å². The summed E-state index contributed by atoms with van der Waals surface area (Å²) in [6.07, 6.45) is 0. The van der Waals surface area contributed by atoms with E-state index in [1.807, 2.05) is 24.3 Å². The number of furan rings is 1. The summed E-state index contributed by atoms with van der Waals surface area (Å²) in [5.74, 6) is 0.504. The van der Waals surface area contributed by atoms with Crippen molar-refractivity contribution >= 4 is 55.1 Å². The fourth-order valence-electron chi connectivity index (χ4n) is 2.00. The van der Waals surface area contributed by atoms with E-state index in [0.717, 1.165) is 14.5 Å². The summed E-state index contributed by atoms with van der Waals surface area (Å²) in [6, 6.07) is 16.3. The highest BCUT2D eigenvalue weighted by atomic mass is 79.9. The average molecular weight is 456 g/mol. The van der Waals surface area contributed by atoms with Crippen LogP contribution in [-0.4, -0.2) is 5.91 Å². The van der Waals surface area contributed by atoms with Crippen LogP contribution >= 0.6 is 43.5 Å². The molecule has 0 saturated heterocycles. The largest absolute Gasteiger partial charge is 0.451 e. The van der Waals surface area contributed by atoms with Gasteiger partial charge in [0.25, 0.3) is 5.91 Å². The van der Waals surface area contributed by atoms with Gasteiger partial charge >= 0.3 is 0 Å². The Morgan fingerprint density at radius 2 is 1.65 bits per heavy atom. The molecule has 1 heterocycles. The zero-order valence-corrected chi connectivity index (χ0v) is 15.6. The molecule has 23 heavy (non-hydrogen) atoms. The van der Waals surface area contributed by atoms with Gasteiger partial charge in [-0.3, -0.25) is 4.79 Å². The van der Waals surface area contributed by atoms with Crippen molar-refractivity contribution in [2.24, 2.45) is 0 Å². The molecule has 3 rings (SSSR count). The Labute approximate surface area is 154 Å². The van der Waals surface area contributed by atoms with Crippen molar-refractivity contribution < 1.29 is 9.21 Å². The quantitative estimate of drug-likeness (QED) is 0.498. The van der Waals surface area contributed by atoms with Gasteiger partial charge in [0.2, 0.25) is 0 Å². The van der Waals surface area contributed by atoms with Crippen molar-refractivity contribution in [2.75, 3.05) is 5.32 Å². The number of carbonyl (C=O) groups is 1. The third kappa shape index (κ3) is 3.86. The number of anilines is 1. The topological polar surface area (TPSA) is 42.2 Å². The molecule has 1 aromatic heterocycles. The van der Waals surface area contributed by atoms with Crippen LogP contribution in [0.3, 0.4) is 0 Å².